The van der Waals surface area contributed by atoms with Crippen molar-refractivity contribution in [2.75, 3.05) is 26.2 Å². The Morgan fingerprint density at radius 3 is 2.78 bits per heavy atom. The molecular weight excluding hydrogens is 361 g/mol. The average Bonchev–Trinajstić information content (AvgIpc) is 3.13. The fourth-order valence-electron chi connectivity index (χ4n) is 4.11. The average molecular weight is 386 g/mol. The lowest BCUT2D eigenvalue weighted by atomic mass is 9.73. The topological polar surface area (TPSA) is 69.3 Å². The minimum Gasteiger partial charge on any atom is -0.342 e. The molecule has 1 spiro atoms. The second-order valence-corrected chi connectivity index (χ2v) is 7.66. The Balaban J connectivity index is 1.70. The van der Waals surface area contributed by atoms with E-state index < -0.39 is 17.8 Å². The lowest BCUT2D eigenvalue weighted by molar-refractivity contribution is -0.141. The highest BCUT2D eigenvalue weighted by Crippen LogP contribution is 2.39. The lowest BCUT2D eigenvalue weighted by Gasteiger charge is -2.48. The number of hydrogen-bond acceptors (Lipinski definition) is 3. The molecule has 0 aliphatic carbocycles. The molecule has 0 bridgehead atoms. The first kappa shape index (κ1) is 19.7. The van der Waals surface area contributed by atoms with Crippen molar-refractivity contribution in [1.82, 2.24) is 20.0 Å². The maximum atomic E-state index is 12.7. The van der Waals surface area contributed by atoms with E-state index in [0.29, 0.717) is 32.5 Å². The fourth-order valence-corrected chi connectivity index (χ4v) is 4.11. The van der Waals surface area contributed by atoms with Crippen LogP contribution in [0.2, 0.25) is 0 Å². The van der Waals surface area contributed by atoms with E-state index in [2.05, 4.69) is 12.0 Å². The number of halogens is 3. The summed E-state index contributed by atoms with van der Waals surface area (Å²) in [6, 6.07) is 0.765. The molecule has 0 aromatic carbocycles. The van der Waals surface area contributed by atoms with Crippen molar-refractivity contribution in [3.8, 4) is 0 Å². The number of carbonyl (C=O) groups is 2. The predicted molar refractivity (Wildman–Crippen MR) is 91.9 cm³/mol. The van der Waals surface area contributed by atoms with Gasteiger partial charge in [-0.15, -0.1) is 0 Å². The lowest BCUT2D eigenvalue weighted by Crippen LogP contribution is -2.55. The fraction of sp³-hybridized carbons (Fsp3) is 0.722. The van der Waals surface area contributed by atoms with E-state index in [1.165, 1.54) is 0 Å². The van der Waals surface area contributed by atoms with Gasteiger partial charge in [0.2, 0.25) is 5.91 Å². The van der Waals surface area contributed by atoms with Crippen LogP contribution in [-0.2, 0) is 11.0 Å². The van der Waals surface area contributed by atoms with Crippen molar-refractivity contribution in [2.24, 2.45) is 5.41 Å². The molecule has 2 amide bonds. The van der Waals surface area contributed by atoms with Crippen molar-refractivity contribution < 1.29 is 22.8 Å². The van der Waals surface area contributed by atoms with Crippen molar-refractivity contribution in [1.29, 1.82) is 0 Å². The molecule has 2 saturated heterocycles. The molecule has 1 aromatic rings. The van der Waals surface area contributed by atoms with E-state index in [1.54, 1.807) is 4.90 Å². The number of nitrogens with zero attached hydrogens (tertiary/aromatic N) is 3. The molecule has 1 aromatic heterocycles. The van der Waals surface area contributed by atoms with Crippen LogP contribution in [0.4, 0.5) is 13.2 Å². The zero-order valence-electron chi connectivity index (χ0n) is 15.4. The number of aromatic amines is 1. The number of piperidine rings is 2. The largest absolute Gasteiger partial charge is 0.432 e. The summed E-state index contributed by atoms with van der Waals surface area (Å²) < 4.78 is 38.2. The third-order valence-electron chi connectivity index (χ3n) is 5.58. The molecule has 1 N–H and O–H groups in total. The molecule has 3 heterocycles. The Hall–Kier alpha value is -2.06. The van der Waals surface area contributed by atoms with E-state index >= 15 is 0 Å². The zero-order valence-corrected chi connectivity index (χ0v) is 15.4. The van der Waals surface area contributed by atoms with Crippen LogP contribution in [0.5, 0.6) is 0 Å². The highest BCUT2D eigenvalue weighted by Gasteiger charge is 2.43. The summed E-state index contributed by atoms with van der Waals surface area (Å²) in [6.45, 7) is 4.36. The molecule has 0 unspecified atom stereocenters. The smallest absolute Gasteiger partial charge is 0.342 e. The minimum atomic E-state index is -4.56. The van der Waals surface area contributed by atoms with Crippen LogP contribution in [0.3, 0.4) is 0 Å². The summed E-state index contributed by atoms with van der Waals surface area (Å²) in [4.78, 5) is 28.3. The molecule has 2 aliphatic rings. The highest BCUT2D eigenvalue weighted by atomic mass is 19.4. The van der Waals surface area contributed by atoms with Crippen molar-refractivity contribution >= 4 is 11.8 Å². The van der Waals surface area contributed by atoms with Crippen LogP contribution in [0.1, 0.15) is 61.6 Å². The number of carbonyl (C=O) groups excluding carboxylic acids is 2. The normalized spacial score (nSPS) is 23.9. The summed E-state index contributed by atoms with van der Waals surface area (Å²) in [6.07, 6.45) is 0.260. The van der Waals surface area contributed by atoms with Crippen LogP contribution in [0, 0.1) is 5.41 Å². The van der Waals surface area contributed by atoms with Gasteiger partial charge in [-0.3, -0.25) is 14.7 Å². The van der Waals surface area contributed by atoms with Gasteiger partial charge in [-0.2, -0.15) is 18.3 Å². The summed E-state index contributed by atoms with van der Waals surface area (Å²) in [7, 11) is 0. The van der Waals surface area contributed by atoms with Gasteiger partial charge in [-0.1, -0.05) is 13.3 Å². The standard InChI is InChI=1S/C18H25F3N4O2/c1-2-3-8-24-11-17(7-5-15(24)26)6-4-9-25(12-17)16(27)13-10-14(23-22-13)18(19,20)21/h10H,2-9,11-12H2,1H3,(H,22,23)/t17-/m0/s1. The summed E-state index contributed by atoms with van der Waals surface area (Å²) in [5.74, 6) is -0.336. The van der Waals surface area contributed by atoms with Crippen molar-refractivity contribution in [2.45, 2.75) is 51.6 Å². The first-order valence-electron chi connectivity index (χ1n) is 9.44. The molecule has 27 heavy (non-hydrogen) atoms. The summed E-state index contributed by atoms with van der Waals surface area (Å²) in [5.41, 5.74) is -1.40. The monoisotopic (exact) mass is 386 g/mol. The molecule has 150 valence electrons. The maximum absolute atomic E-state index is 12.7. The molecule has 3 rings (SSSR count). The number of alkyl halides is 3. The van der Waals surface area contributed by atoms with Gasteiger partial charge in [0, 0.05) is 44.1 Å². The molecular formula is C18H25F3N4O2. The second-order valence-electron chi connectivity index (χ2n) is 7.66. The minimum absolute atomic E-state index is 0.152. The van der Waals surface area contributed by atoms with Gasteiger partial charge in [-0.05, 0) is 25.7 Å². The summed E-state index contributed by atoms with van der Waals surface area (Å²) in [5, 5.41) is 5.46. The van der Waals surface area contributed by atoms with E-state index in [-0.39, 0.29) is 17.0 Å². The third-order valence-corrected chi connectivity index (χ3v) is 5.58. The van der Waals surface area contributed by atoms with Crippen molar-refractivity contribution in [3.05, 3.63) is 17.5 Å². The van der Waals surface area contributed by atoms with E-state index in [9.17, 15) is 22.8 Å². The predicted octanol–water partition coefficient (Wildman–Crippen LogP) is 3.07. The molecule has 0 saturated carbocycles. The molecule has 9 heteroatoms. The van der Waals surface area contributed by atoms with Gasteiger partial charge in [0.15, 0.2) is 5.69 Å². The van der Waals surface area contributed by atoms with Gasteiger partial charge < -0.3 is 9.80 Å². The molecule has 6 nitrogen and oxygen atoms in total. The number of amides is 2. The zero-order chi connectivity index (χ0) is 19.7. The Labute approximate surface area is 156 Å². The van der Waals surface area contributed by atoms with Gasteiger partial charge in [-0.25, -0.2) is 0 Å². The highest BCUT2D eigenvalue weighted by molar-refractivity contribution is 5.92. The molecule has 2 aliphatic heterocycles. The van der Waals surface area contributed by atoms with E-state index in [1.807, 2.05) is 10.00 Å². The number of aromatic nitrogens is 2. The Bertz CT molecular complexity index is 703. The molecule has 1 atom stereocenters. The van der Waals surface area contributed by atoms with E-state index in [4.69, 9.17) is 0 Å². The number of nitrogens with one attached hydrogen (secondary N) is 1. The van der Waals surface area contributed by atoms with Crippen molar-refractivity contribution in [3.63, 3.8) is 0 Å². The molecule has 0 radical (unpaired) electrons. The van der Waals surface area contributed by atoms with Gasteiger partial charge in [0.05, 0.1) is 0 Å². The third kappa shape index (κ3) is 4.27. The second kappa shape index (κ2) is 7.52. The van der Waals surface area contributed by atoms with Gasteiger partial charge in [0.25, 0.3) is 5.91 Å². The SMILES string of the molecule is CCCCN1C[C@]2(CCCN(C(=O)c3cc(C(F)(F)F)[nH]n3)C2)CCC1=O. The van der Waals surface area contributed by atoms with Crippen LogP contribution in [0.25, 0.3) is 0 Å². The first-order valence-corrected chi connectivity index (χ1v) is 9.44. The number of H-pyrrole nitrogens is 1. The molecule has 2 fully saturated rings. The van der Waals surface area contributed by atoms with Crippen LogP contribution >= 0.6 is 0 Å². The Morgan fingerprint density at radius 1 is 1.33 bits per heavy atom. The maximum Gasteiger partial charge on any atom is 0.432 e. The summed E-state index contributed by atoms with van der Waals surface area (Å²) >= 11 is 0. The number of rotatable bonds is 4. The Morgan fingerprint density at radius 2 is 2.11 bits per heavy atom. The van der Waals surface area contributed by atoms with Gasteiger partial charge >= 0.3 is 6.18 Å². The van der Waals surface area contributed by atoms with Crippen LogP contribution < -0.4 is 0 Å². The van der Waals surface area contributed by atoms with E-state index in [0.717, 1.165) is 38.3 Å². The Kier molecular flexibility index (Phi) is 5.48. The van der Waals surface area contributed by atoms with Crippen LogP contribution in [-0.4, -0.2) is 58.0 Å². The number of unbranched alkanes of at least 4 members (excludes halogenated alkanes) is 1. The first-order chi connectivity index (χ1) is 12.7. The van der Waals surface area contributed by atoms with Crippen LogP contribution in [0.15, 0.2) is 6.07 Å². The number of likely N-dealkylation sites (tertiary alicyclic amines) is 2. The quantitative estimate of drug-likeness (QED) is 0.865. The number of hydrogen-bond donors (Lipinski definition) is 1. The van der Waals surface area contributed by atoms with Gasteiger partial charge in [0.1, 0.15) is 5.69 Å².